The predicted molar refractivity (Wildman–Crippen MR) is 100 cm³/mol. The molecule has 1 heterocycles. The van der Waals surface area contributed by atoms with E-state index in [1.165, 1.54) is 0 Å². The van der Waals surface area contributed by atoms with Crippen molar-refractivity contribution < 1.29 is 13.2 Å². The van der Waals surface area contributed by atoms with E-state index in [0.29, 0.717) is 25.6 Å². The second kappa shape index (κ2) is 7.13. The Kier molecular flexibility index (Phi) is 5.27. The summed E-state index contributed by atoms with van der Waals surface area (Å²) in [5.74, 6) is 1.34. The Labute approximate surface area is 151 Å². The van der Waals surface area contributed by atoms with Crippen LogP contribution in [0.2, 0.25) is 0 Å². The first-order valence-electron chi connectivity index (χ1n) is 8.98. The highest BCUT2D eigenvalue weighted by Gasteiger charge is 2.40. The summed E-state index contributed by atoms with van der Waals surface area (Å²) in [5, 5.41) is 0. The van der Waals surface area contributed by atoms with Gasteiger partial charge in [0.1, 0.15) is 5.75 Å². The van der Waals surface area contributed by atoms with Gasteiger partial charge in [0, 0.05) is 50.5 Å². The van der Waals surface area contributed by atoms with E-state index >= 15 is 0 Å². The van der Waals surface area contributed by atoms with Crippen molar-refractivity contribution in [1.82, 2.24) is 8.61 Å². The lowest BCUT2D eigenvalue weighted by Crippen LogP contribution is -2.57. The highest BCUT2D eigenvalue weighted by atomic mass is 32.2. The molecule has 0 aromatic heterocycles. The van der Waals surface area contributed by atoms with E-state index in [2.05, 4.69) is 11.8 Å². The third kappa shape index (κ3) is 3.78. The van der Waals surface area contributed by atoms with Crippen molar-refractivity contribution in [2.75, 3.05) is 38.7 Å². The SMILES string of the molecule is COc1cccc(N2CCN(S(=O)(=O)N(C)[C@@H](C)C3CC3)C[C@H]2C)c1. The van der Waals surface area contributed by atoms with Gasteiger partial charge in [-0.1, -0.05) is 6.07 Å². The van der Waals surface area contributed by atoms with Crippen molar-refractivity contribution in [3.05, 3.63) is 24.3 Å². The fourth-order valence-electron chi connectivity index (χ4n) is 3.57. The van der Waals surface area contributed by atoms with Crippen molar-refractivity contribution in [3.63, 3.8) is 0 Å². The lowest BCUT2D eigenvalue weighted by atomic mass is 10.1. The van der Waals surface area contributed by atoms with Crippen LogP contribution < -0.4 is 9.64 Å². The average molecular weight is 368 g/mol. The molecule has 25 heavy (non-hydrogen) atoms. The number of rotatable bonds is 6. The average Bonchev–Trinajstić information content (AvgIpc) is 3.45. The third-order valence-electron chi connectivity index (χ3n) is 5.54. The third-order valence-corrected chi connectivity index (χ3v) is 7.59. The molecule has 0 bridgehead atoms. The topological polar surface area (TPSA) is 53.1 Å². The molecule has 1 aliphatic heterocycles. The molecule has 0 spiro atoms. The van der Waals surface area contributed by atoms with Gasteiger partial charge in [0.05, 0.1) is 7.11 Å². The lowest BCUT2D eigenvalue weighted by molar-refractivity contribution is 0.284. The van der Waals surface area contributed by atoms with Crippen LogP contribution >= 0.6 is 0 Å². The summed E-state index contributed by atoms with van der Waals surface area (Å²) >= 11 is 0. The van der Waals surface area contributed by atoms with E-state index in [1.54, 1.807) is 22.8 Å². The molecule has 2 aliphatic rings. The minimum atomic E-state index is -3.40. The molecule has 6 nitrogen and oxygen atoms in total. The lowest BCUT2D eigenvalue weighted by Gasteiger charge is -2.42. The van der Waals surface area contributed by atoms with Crippen molar-refractivity contribution in [2.45, 2.75) is 38.8 Å². The Morgan fingerprint density at radius 1 is 1.28 bits per heavy atom. The van der Waals surface area contributed by atoms with Crippen molar-refractivity contribution in [1.29, 1.82) is 0 Å². The van der Waals surface area contributed by atoms with Crippen LogP contribution in [0.15, 0.2) is 24.3 Å². The van der Waals surface area contributed by atoms with E-state index < -0.39 is 10.2 Å². The number of piperazine rings is 1. The summed E-state index contributed by atoms with van der Waals surface area (Å²) in [6.07, 6.45) is 2.28. The van der Waals surface area contributed by atoms with Gasteiger partial charge in [-0.3, -0.25) is 0 Å². The fourth-order valence-corrected chi connectivity index (χ4v) is 5.25. The van der Waals surface area contributed by atoms with Gasteiger partial charge in [-0.05, 0) is 44.7 Å². The highest BCUT2D eigenvalue weighted by molar-refractivity contribution is 7.86. The van der Waals surface area contributed by atoms with Crippen LogP contribution in [0.5, 0.6) is 5.75 Å². The number of ether oxygens (including phenoxy) is 1. The zero-order valence-electron chi connectivity index (χ0n) is 15.6. The number of benzene rings is 1. The van der Waals surface area contributed by atoms with Crippen LogP contribution in [0.1, 0.15) is 26.7 Å². The smallest absolute Gasteiger partial charge is 0.282 e. The van der Waals surface area contributed by atoms with Crippen molar-refractivity contribution in [3.8, 4) is 5.75 Å². The molecule has 2 fully saturated rings. The van der Waals surface area contributed by atoms with Crippen LogP contribution in [0.4, 0.5) is 5.69 Å². The van der Waals surface area contributed by atoms with Gasteiger partial charge in [0.2, 0.25) is 0 Å². The maximum absolute atomic E-state index is 13.0. The van der Waals surface area contributed by atoms with Gasteiger partial charge in [0.15, 0.2) is 0 Å². The zero-order chi connectivity index (χ0) is 18.2. The first-order valence-corrected chi connectivity index (χ1v) is 10.4. The van der Waals surface area contributed by atoms with Crippen LogP contribution in [-0.4, -0.2) is 62.9 Å². The molecular weight excluding hydrogens is 338 g/mol. The quantitative estimate of drug-likeness (QED) is 0.773. The molecule has 0 radical (unpaired) electrons. The maximum atomic E-state index is 13.0. The van der Waals surface area contributed by atoms with Crippen LogP contribution in [-0.2, 0) is 10.2 Å². The molecule has 0 unspecified atom stereocenters. The number of nitrogens with zero attached hydrogens (tertiary/aromatic N) is 3. The standard InChI is InChI=1S/C18H29N3O3S/c1-14-13-20(25(22,23)19(3)15(2)16-8-9-16)10-11-21(14)17-6-5-7-18(12-17)24-4/h5-7,12,14-16H,8-11,13H2,1-4H3/t14-,15+/m1/s1. The van der Waals surface area contributed by atoms with Gasteiger partial charge in [-0.15, -0.1) is 0 Å². The molecule has 7 heteroatoms. The second-order valence-electron chi connectivity index (χ2n) is 7.20. The summed E-state index contributed by atoms with van der Waals surface area (Å²) in [5.41, 5.74) is 1.07. The van der Waals surface area contributed by atoms with Crippen LogP contribution in [0, 0.1) is 5.92 Å². The summed E-state index contributed by atoms with van der Waals surface area (Å²) in [7, 11) is -0.0260. The summed E-state index contributed by atoms with van der Waals surface area (Å²) in [6.45, 7) is 5.78. The van der Waals surface area contributed by atoms with Gasteiger partial charge < -0.3 is 9.64 Å². The molecule has 1 aliphatic carbocycles. The first kappa shape index (κ1) is 18.5. The van der Waals surface area contributed by atoms with Crippen molar-refractivity contribution >= 4 is 15.9 Å². The molecule has 0 N–H and O–H groups in total. The molecule has 1 saturated heterocycles. The van der Waals surface area contributed by atoms with Gasteiger partial charge >= 0.3 is 0 Å². The Morgan fingerprint density at radius 2 is 2.00 bits per heavy atom. The predicted octanol–water partition coefficient (Wildman–Crippen LogP) is 2.18. The molecule has 0 amide bonds. The highest BCUT2D eigenvalue weighted by Crippen LogP contribution is 2.36. The second-order valence-corrected chi connectivity index (χ2v) is 9.19. The zero-order valence-corrected chi connectivity index (χ0v) is 16.4. The summed E-state index contributed by atoms with van der Waals surface area (Å²) in [4.78, 5) is 2.25. The summed E-state index contributed by atoms with van der Waals surface area (Å²) < 4.78 is 34.4. The van der Waals surface area contributed by atoms with Crippen LogP contribution in [0.3, 0.4) is 0 Å². The molecule has 1 aromatic rings. The number of anilines is 1. The Hall–Kier alpha value is -1.31. The van der Waals surface area contributed by atoms with Crippen LogP contribution in [0.25, 0.3) is 0 Å². The Balaban J connectivity index is 1.70. The number of hydrogen-bond acceptors (Lipinski definition) is 4. The largest absolute Gasteiger partial charge is 0.497 e. The van der Waals surface area contributed by atoms with E-state index in [0.717, 1.165) is 24.3 Å². The van der Waals surface area contributed by atoms with E-state index in [9.17, 15) is 8.42 Å². The first-order chi connectivity index (χ1) is 11.8. The summed E-state index contributed by atoms with van der Waals surface area (Å²) in [6, 6.07) is 8.13. The number of methoxy groups -OCH3 is 1. The molecular formula is C18H29N3O3S. The molecule has 1 saturated carbocycles. The minimum absolute atomic E-state index is 0.0803. The number of hydrogen-bond donors (Lipinski definition) is 0. The maximum Gasteiger partial charge on any atom is 0.282 e. The van der Waals surface area contributed by atoms with Gasteiger partial charge in [-0.2, -0.15) is 17.0 Å². The molecule has 2 atom stereocenters. The Bertz CT molecular complexity index is 705. The normalized spacial score (nSPS) is 23.7. The van der Waals surface area contributed by atoms with E-state index in [4.69, 9.17) is 4.74 Å². The molecule has 3 rings (SSSR count). The molecule has 140 valence electrons. The van der Waals surface area contributed by atoms with E-state index in [-0.39, 0.29) is 12.1 Å². The minimum Gasteiger partial charge on any atom is -0.497 e. The fraction of sp³-hybridized carbons (Fsp3) is 0.667. The van der Waals surface area contributed by atoms with Gasteiger partial charge in [0.25, 0.3) is 10.2 Å². The Morgan fingerprint density at radius 3 is 2.60 bits per heavy atom. The molecule has 1 aromatic carbocycles. The van der Waals surface area contributed by atoms with E-state index in [1.807, 2.05) is 31.2 Å². The monoisotopic (exact) mass is 367 g/mol. The van der Waals surface area contributed by atoms with Gasteiger partial charge in [-0.25, -0.2) is 0 Å². The van der Waals surface area contributed by atoms with Crippen molar-refractivity contribution in [2.24, 2.45) is 5.92 Å².